The van der Waals surface area contributed by atoms with Gasteiger partial charge in [0.2, 0.25) is 0 Å². The molecule has 0 bridgehead atoms. The first-order valence-electron chi connectivity index (χ1n) is 5.80. The summed E-state index contributed by atoms with van der Waals surface area (Å²) in [5.41, 5.74) is 0. The van der Waals surface area contributed by atoms with E-state index in [0.29, 0.717) is 19.6 Å². The number of rotatable bonds is 3. The molecule has 2 heterocycles. The molecule has 1 aliphatic rings. The summed E-state index contributed by atoms with van der Waals surface area (Å²) in [6.45, 7) is 6.46. The molecule has 1 N–H and O–H groups in total. The number of hydrogen-bond acceptors (Lipinski definition) is 4. The molecule has 0 aliphatic carbocycles. The molecule has 17 heavy (non-hydrogen) atoms. The molecule has 2 rings (SSSR count). The summed E-state index contributed by atoms with van der Waals surface area (Å²) in [5.74, 6) is 0. The fourth-order valence-corrected chi connectivity index (χ4v) is 3.51. The Morgan fingerprint density at radius 2 is 2.35 bits per heavy atom. The largest absolute Gasteiger partial charge is 0.336 e. The van der Waals surface area contributed by atoms with Gasteiger partial charge in [-0.05, 0) is 13.8 Å². The maximum Gasteiger partial charge on any atom is 0.262 e. The van der Waals surface area contributed by atoms with Gasteiger partial charge in [-0.1, -0.05) is 0 Å². The summed E-state index contributed by atoms with van der Waals surface area (Å²) in [6.07, 6.45) is 3.14. The van der Waals surface area contributed by atoms with E-state index >= 15 is 0 Å². The minimum Gasteiger partial charge on any atom is -0.336 e. The molecule has 0 spiro atoms. The lowest BCUT2D eigenvalue weighted by Crippen LogP contribution is -2.52. The number of sulfonamides is 1. The lowest BCUT2D eigenvalue weighted by Gasteiger charge is -2.32. The Balaban J connectivity index is 2.28. The molecule has 1 atom stereocenters. The average Bonchev–Trinajstić information content (AvgIpc) is 2.78. The minimum atomic E-state index is -3.44. The van der Waals surface area contributed by atoms with E-state index in [1.54, 1.807) is 17.1 Å². The van der Waals surface area contributed by atoms with E-state index < -0.39 is 10.0 Å². The molecular formula is C10H18N4O2S. The molecule has 0 saturated carbocycles. The van der Waals surface area contributed by atoms with E-state index in [0.717, 1.165) is 6.54 Å². The summed E-state index contributed by atoms with van der Waals surface area (Å²) >= 11 is 0. The van der Waals surface area contributed by atoms with Crippen LogP contribution < -0.4 is 5.32 Å². The van der Waals surface area contributed by atoms with Crippen LogP contribution in [0.1, 0.15) is 13.8 Å². The van der Waals surface area contributed by atoms with E-state index in [2.05, 4.69) is 10.3 Å². The molecule has 96 valence electrons. The molecule has 1 fully saturated rings. The number of aryl methyl sites for hydroxylation is 1. The van der Waals surface area contributed by atoms with E-state index in [9.17, 15) is 8.42 Å². The molecule has 0 aromatic carbocycles. The highest BCUT2D eigenvalue weighted by Crippen LogP contribution is 2.17. The number of imidazole rings is 1. The monoisotopic (exact) mass is 258 g/mol. The lowest BCUT2D eigenvalue weighted by atomic mass is 10.3. The van der Waals surface area contributed by atoms with Gasteiger partial charge in [-0.3, -0.25) is 0 Å². The molecule has 0 radical (unpaired) electrons. The van der Waals surface area contributed by atoms with Crippen molar-refractivity contribution in [2.45, 2.75) is 31.5 Å². The highest BCUT2D eigenvalue weighted by Gasteiger charge is 2.32. The van der Waals surface area contributed by atoms with Crippen LogP contribution in [0.2, 0.25) is 0 Å². The summed E-state index contributed by atoms with van der Waals surface area (Å²) in [5, 5.41) is 3.32. The second-order valence-electron chi connectivity index (χ2n) is 4.21. The van der Waals surface area contributed by atoms with Gasteiger partial charge in [-0.25, -0.2) is 13.4 Å². The van der Waals surface area contributed by atoms with Crippen molar-refractivity contribution in [2.24, 2.45) is 0 Å². The first-order valence-corrected chi connectivity index (χ1v) is 7.24. The van der Waals surface area contributed by atoms with E-state index in [1.165, 1.54) is 4.31 Å². The molecular weight excluding hydrogens is 240 g/mol. The molecule has 6 nitrogen and oxygen atoms in total. The van der Waals surface area contributed by atoms with Crippen LogP contribution in [0.5, 0.6) is 0 Å². The van der Waals surface area contributed by atoms with Crippen LogP contribution in [0.25, 0.3) is 0 Å². The van der Waals surface area contributed by atoms with Crippen LogP contribution in [0, 0.1) is 0 Å². The maximum absolute atomic E-state index is 12.3. The van der Waals surface area contributed by atoms with Gasteiger partial charge in [0, 0.05) is 38.4 Å². The molecule has 1 aromatic rings. The third-order valence-corrected chi connectivity index (χ3v) is 4.89. The van der Waals surface area contributed by atoms with Gasteiger partial charge in [-0.2, -0.15) is 4.31 Å². The summed E-state index contributed by atoms with van der Waals surface area (Å²) in [7, 11) is -3.44. The zero-order chi connectivity index (χ0) is 12.5. The summed E-state index contributed by atoms with van der Waals surface area (Å²) in [6, 6.07) is -0.0273. The van der Waals surface area contributed by atoms with Crippen molar-refractivity contribution < 1.29 is 8.42 Å². The van der Waals surface area contributed by atoms with Gasteiger partial charge < -0.3 is 9.88 Å². The molecule has 0 amide bonds. The number of hydrogen-bond donors (Lipinski definition) is 1. The molecule has 0 unspecified atom stereocenters. The van der Waals surface area contributed by atoms with Gasteiger partial charge >= 0.3 is 0 Å². The van der Waals surface area contributed by atoms with Crippen LogP contribution in [0.4, 0.5) is 0 Å². The van der Waals surface area contributed by atoms with Crippen LogP contribution in [0.3, 0.4) is 0 Å². The van der Waals surface area contributed by atoms with Crippen molar-refractivity contribution >= 4 is 10.0 Å². The SMILES string of the molecule is CCn1cnc(S(=O)(=O)N2CCNC[C@@H]2C)c1. The third kappa shape index (κ3) is 2.36. The average molecular weight is 258 g/mol. The predicted octanol–water partition coefficient (Wildman–Crippen LogP) is -0.115. The first-order chi connectivity index (χ1) is 8.05. The first kappa shape index (κ1) is 12.5. The Kier molecular flexibility index (Phi) is 3.50. The Labute approximate surface area is 102 Å². The Morgan fingerprint density at radius 1 is 1.59 bits per heavy atom. The van der Waals surface area contributed by atoms with Gasteiger partial charge in [0.15, 0.2) is 5.03 Å². The Hall–Kier alpha value is -0.920. The van der Waals surface area contributed by atoms with Crippen LogP contribution in [0.15, 0.2) is 17.6 Å². The Morgan fingerprint density at radius 3 is 2.94 bits per heavy atom. The molecule has 1 aromatic heterocycles. The maximum atomic E-state index is 12.3. The highest BCUT2D eigenvalue weighted by atomic mass is 32.2. The van der Waals surface area contributed by atoms with E-state index in [-0.39, 0.29) is 11.1 Å². The van der Waals surface area contributed by atoms with Crippen molar-refractivity contribution in [3.8, 4) is 0 Å². The number of nitrogens with one attached hydrogen (secondary N) is 1. The zero-order valence-electron chi connectivity index (χ0n) is 10.1. The second kappa shape index (κ2) is 4.75. The van der Waals surface area contributed by atoms with Gasteiger partial charge in [0.25, 0.3) is 10.0 Å². The van der Waals surface area contributed by atoms with Crippen LogP contribution >= 0.6 is 0 Å². The molecule has 7 heteroatoms. The smallest absolute Gasteiger partial charge is 0.262 e. The molecule has 1 saturated heterocycles. The zero-order valence-corrected chi connectivity index (χ0v) is 10.9. The fraction of sp³-hybridized carbons (Fsp3) is 0.700. The van der Waals surface area contributed by atoms with E-state index in [1.807, 2.05) is 13.8 Å². The van der Waals surface area contributed by atoms with Crippen molar-refractivity contribution in [3.63, 3.8) is 0 Å². The summed E-state index contributed by atoms with van der Waals surface area (Å²) in [4.78, 5) is 3.98. The van der Waals surface area contributed by atoms with Crippen LogP contribution in [-0.2, 0) is 16.6 Å². The van der Waals surface area contributed by atoms with Gasteiger partial charge in [0.05, 0.1) is 6.33 Å². The number of piperazine rings is 1. The van der Waals surface area contributed by atoms with Crippen molar-refractivity contribution in [1.82, 2.24) is 19.2 Å². The van der Waals surface area contributed by atoms with Crippen LogP contribution in [-0.4, -0.2) is 48.0 Å². The number of nitrogens with zero attached hydrogens (tertiary/aromatic N) is 3. The summed E-state index contributed by atoms with van der Waals surface area (Å²) < 4.78 is 28.0. The van der Waals surface area contributed by atoms with Crippen molar-refractivity contribution in [2.75, 3.05) is 19.6 Å². The third-order valence-electron chi connectivity index (χ3n) is 2.99. The molecule has 1 aliphatic heterocycles. The van der Waals surface area contributed by atoms with E-state index in [4.69, 9.17) is 0 Å². The van der Waals surface area contributed by atoms with Crippen molar-refractivity contribution in [1.29, 1.82) is 0 Å². The standard InChI is InChI=1S/C10H18N4O2S/c1-3-13-7-10(12-8-13)17(15,16)14-5-4-11-6-9(14)2/h7-9,11H,3-6H2,1-2H3/t9-/m0/s1. The highest BCUT2D eigenvalue weighted by molar-refractivity contribution is 7.89. The van der Waals surface area contributed by atoms with Gasteiger partial charge in [-0.15, -0.1) is 0 Å². The quantitative estimate of drug-likeness (QED) is 0.821. The van der Waals surface area contributed by atoms with Crippen molar-refractivity contribution in [3.05, 3.63) is 12.5 Å². The fourth-order valence-electron chi connectivity index (χ4n) is 1.95. The van der Waals surface area contributed by atoms with Gasteiger partial charge in [0.1, 0.15) is 0 Å². The lowest BCUT2D eigenvalue weighted by molar-refractivity contribution is 0.283. The topological polar surface area (TPSA) is 67.2 Å². The predicted molar refractivity (Wildman–Crippen MR) is 64.1 cm³/mol. The normalized spacial score (nSPS) is 22.8. The Bertz CT molecular complexity index is 482. The second-order valence-corrected chi connectivity index (χ2v) is 6.05. The minimum absolute atomic E-state index is 0.0273. The number of aromatic nitrogens is 2.